The van der Waals surface area contributed by atoms with E-state index in [2.05, 4.69) is 11.1 Å². The van der Waals surface area contributed by atoms with Crippen molar-refractivity contribution >= 4 is 28.5 Å². The summed E-state index contributed by atoms with van der Waals surface area (Å²) in [6, 6.07) is 18.5. The fourth-order valence-electron chi connectivity index (χ4n) is 2.33. The molecule has 1 amide bonds. The lowest BCUT2D eigenvalue weighted by Crippen LogP contribution is -2.39. The molecule has 0 N–H and O–H groups in total. The number of hydrogen-bond acceptors (Lipinski definition) is 4. The second kappa shape index (κ2) is 7.12. The maximum absolute atomic E-state index is 12.8. The number of para-hydroxylation sites is 1. The van der Waals surface area contributed by atoms with Crippen molar-refractivity contribution in [3.05, 3.63) is 65.7 Å². The van der Waals surface area contributed by atoms with Gasteiger partial charge in [-0.05, 0) is 36.8 Å². The molecular weight excluding hydrogens is 306 g/mol. The quantitative estimate of drug-likeness (QED) is 0.845. The van der Waals surface area contributed by atoms with Crippen molar-refractivity contribution in [1.29, 1.82) is 5.26 Å². The highest BCUT2D eigenvalue weighted by atomic mass is 32.2. The molecule has 114 valence electrons. The Bertz CT molecular complexity index is 780. The zero-order valence-electron chi connectivity index (χ0n) is 12.5. The molecule has 0 aromatic heterocycles. The van der Waals surface area contributed by atoms with Crippen LogP contribution in [0.2, 0.25) is 0 Å². The van der Waals surface area contributed by atoms with Crippen LogP contribution in [0.4, 0.5) is 5.69 Å². The average molecular weight is 321 g/mol. The van der Waals surface area contributed by atoms with E-state index in [1.165, 1.54) is 0 Å². The van der Waals surface area contributed by atoms with E-state index in [1.54, 1.807) is 40.9 Å². The standard InChI is InChI=1S/C18H15N3OS/c19-13-14-6-4-7-15(12-14)17(22)21-10-5-11-23-18(21)20-16-8-2-1-3-9-16/h1-4,6-9,12H,5,10-11H2. The van der Waals surface area contributed by atoms with Gasteiger partial charge in [-0.3, -0.25) is 9.69 Å². The number of amidine groups is 1. The summed E-state index contributed by atoms with van der Waals surface area (Å²) in [6.07, 6.45) is 0.933. The van der Waals surface area contributed by atoms with Crippen LogP contribution in [-0.2, 0) is 0 Å². The molecule has 2 aromatic rings. The molecule has 0 aliphatic carbocycles. The molecule has 1 aliphatic heterocycles. The predicted octanol–water partition coefficient (Wildman–Crippen LogP) is 3.83. The Hall–Kier alpha value is -2.58. The highest BCUT2D eigenvalue weighted by Gasteiger charge is 2.25. The number of amides is 1. The minimum absolute atomic E-state index is 0.107. The molecule has 1 heterocycles. The van der Waals surface area contributed by atoms with E-state index in [4.69, 9.17) is 5.26 Å². The fraction of sp³-hybridized carbons (Fsp3) is 0.167. The van der Waals surface area contributed by atoms with E-state index in [-0.39, 0.29) is 5.91 Å². The Morgan fingerprint density at radius 2 is 2.00 bits per heavy atom. The Labute approximate surface area is 139 Å². The first-order chi connectivity index (χ1) is 11.3. The number of thioether (sulfide) groups is 1. The third kappa shape index (κ3) is 3.61. The van der Waals surface area contributed by atoms with Crippen LogP contribution in [0.5, 0.6) is 0 Å². The SMILES string of the molecule is N#Cc1cccc(C(=O)N2CCCSC2=Nc2ccccc2)c1. The van der Waals surface area contributed by atoms with Crippen molar-refractivity contribution in [2.45, 2.75) is 6.42 Å². The van der Waals surface area contributed by atoms with E-state index < -0.39 is 0 Å². The lowest BCUT2D eigenvalue weighted by molar-refractivity contribution is 0.0849. The molecule has 0 atom stereocenters. The maximum atomic E-state index is 12.8. The largest absolute Gasteiger partial charge is 0.287 e. The summed E-state index contributed by atoms with van der Waals surface area (Å²) < 4.78 is 0. The molecule has 0 unspecified atom stereocenters. The van der Waals surface area contributed by atoms with Crippen molar-refractivity contribution in [3.63, 3.8) is 0 Å². The van der Waals surface area contributed by atoms with Gasteiger partial charge < -0.3 is 0 Å². The van der Waals surface area contributed by atoms with Crippen LogP contribution in [0.1, 0.15) is 22.3 Å². The van der Waals surface area contributed by atoms with Crippen LogP contribution in [0.25, 0.3) is 0 Å². The smallest absolute Gasteiger partial charge is 0.259 e. The molecule has 0 bridgehead atoms. The molecule has 4 nitrogen and oxygen atoms in total. The molecule has 1 fully saturated rings. The van der Waals surface area contributed by atoms with E-state index in [9.17, 15) is 4.79 Å². The van der Waals surface area contributed by atoms with Crippen LogP contribution < -0.4 is 0 Å². The van der Waals surface area contributed by atoms with Crippen LogP contribution >= 0.6 is 11.8 Å². The molecule has 23 heavy (non-hydrogen) atoms. The van der Waals surface area contributed by atoms with Gasteiger partial charge >= 0.3 is 0 Å². The summed E-state index contributed by atoms with van der Waals surface area (Å²) in [4.78, 5) is 19.1. The van der Waals surface area contributed by atoms with E-state index >= 15 is 0 Å². The Morgan fingerprint density at radius 1 is 1.17 bits per heavy atom. The summed E-state index contributed by atoms with van der Waals surface area (Å²) >= 11 is 1.59. The van der Waals surface area contributed by atoms with Crippen LogP contribution in [-0.4, -0.2) is 28.3 Å². The number of carbonyl (C=O) groups is 1. The van der Waals surface area contributed by atoms with Gasteiger partial charge in [-0.2, -0.15) is 5.26 Å². The van der Waals surface area contributed by atoms with Crippen LogP contribution in [0, 0.1) is 11.3 Å². The van der Waals surface area contributed by atoms with Gasteiger partial charge in [0, 0.05) is 17.9 Å². The number of nitrogens with zero attached hydrogens (tertiary/aromatic N) is 3. The van der Waals surface area contributed by atoms with Crippen molar-refractivity contribution in [1.82, 2.24) is 4.90 Å². The topological polar surface area (TPSA) is 56.5 Å². The average Bonchev–Trinajstić information content (AvgIpc) is 2.62. The lowest BCUT2D eigenvalue weighted by atomic mass is 10.1. The van der Waals surface area contributed by atoms with Gasteiger partial charge in [-0.1, -0.05) is 36.0 Å². The fourth-order valence-corrected chi connectivity index (χ4v) is 3.29. The summed E-state index contributed by atoms with van der Waals surface area (Å²) in [5, 5.41) is 9.72. The monoisotopic (exact) mass is 321 g/mol. The Balaban J connectivity index is 1.90. The number of benzene rings is 2. The second-order valence-electron chi connectivity index (χ2n) is 5.08. The van der Waals surface area contributed by atoms with Crippen molar-refractivity contribution in [2.24, 2.45) is 4.99 Å². The molecule has 0 spiro atoms. The van der Waals surface area contributed by atoms with E-state index in [0.29, 0.717) is 17.7 Å². The summed E-state index contributed by atoms with van der Waals surface area (Å²) in [5.41, 5.74) is 1.84. The third-order valence-corrected chi connectivity index (χ3v) is 4.52. The summed E-state index contributed by atoms with van der Waals surface area (Å²) in [5.74, 6) is 0.845. The third-order valence-electron chi connectivity index (χ3n) is 3.45. The molecule has 1 aliphatic rings. The maximum Gasteiger partial charge on any atom is 0.259 e. The molecule has 3 rings (SSSR count). The molecule has 0 saturated carbocycles. The number of carbonyl (C=O) groups excluding carboxylic acids is 1. The molecule has 1 saturated heterocycles. The van der Waals surface area contributed by atoms with E-state index in [0.717, 1.165) is 23.0 Å². The zero-order valence-corrected chi connectivity index (χ0v) is 13.3. The van der Waals surface area contributed by atoms with Gasteiger partial charge in [0.2, 0.25) is 0 Å². The van der Waals surface area contributed by atoms with Crippen LogP contribution in [0.15, 0.2) is 59.6 Å². The summed E-state index contributed by atoms with van der Waals surface area (Å²) in [7, 11) is 0. The van der Waals surface area contributed by atoms with Crippen molar-refractivity contribution in [3.8, 4) is 6.07 Å². The van der Waals surface area contributed by atoms with E-state index in [1.807, 2.05) is 30.3 Å². The van der Waals surface area contributed by atoms with Gasteiger partial charge in [-0.15, -0.1) is 0 Å². The first-order valence-corrected chi connectivity index (χ1v) is 8.35. The highest BCUT2D eigenvalue weighted by molar-refractivity contribution is 8.13. The molecule has 5 heteroatoms. The number of nitriles is 1. The Kier molecular flexibility index (Phi) is 4.74. The Morgan fingerprint density at radius 3 is 2.78 bits per heavy atom. The zero-order chi connectivity index (χ0) is 16.1. The molecular formula is C18H15N3OS. The van der Waals surface area contributed by atoms with Crippen LogP contribution in [0.3, 0.4) is 0 Å². The normalized spacial score (nSPS) is 16.1. The van der Waals surface area contributed by atoms with Gasteiger partial charge in [0.25, 0.3) is 5.91 Å². The number of aliphatic imine (C=N–C) groups is 1. The van der Waals surface area contributed by atoms with Gasteiger partial charge in [0.05, 0.1) is 17.3 Å². The number of rotatable bonds is 2. The minimum Gasteiger partial charge on any atom is -0.287 e. The van der Waals surface area contributed by atoms with Gasteiger partial charge in [-0.25, -0.2) is 4.99 Å². The lowest BCUT2D eigenvalue weighted by Gasteiger charge is -2.27. The first kappa shape index (κ1) is 15.3. The molecule has 2 aromatic carbocycles. The van der Waals surface area contributed by atoms with Gasteiger partial charge in [0.1, 0.15) is 0 Å². The highest BCUT2D eigenvalue weighted by Crippen LogP contribution is 2.24. The first-order valence-electron chi connectivity index (χ1n) is 7.36. The minimum atomic E-state index is -0.107. The van der Waals surface area contributed by atoms with Crippen molar-refractivity contribution < 1.29 is 4.79 Å². The summed E-state index contributed by atoms with van der Waals surface area (Å²) in [6.45, 7) is 0.647. The second-order valence-corrected chi connectivity index (χ2v) is 6.14. The number of hydrogen-bond donors (Lipinski definition) is 0. The molecule has 0 radical (unpaired) electrons. The van der Waals surface area contributed by atoms with Gasteiger partial charge in [0.15, 0.2) is 5.17 Å². The predicted molar refractivity (Wildman–Crippen MR) is 92.8 cm³/mol. The van der Waals surface area contributed by atoms with Crippen molar-refractivity contribution in [2.75, 3.05) is 12.3 Å².